The van der Waals surface area contributed by atoms with Gasteiger partial charge in [-0.3, -0.25) is 0 Å². The van der Waals surface area contributed by atoms with Gasteiger partial charge in [-0.05, 0) is 61.6 Å². The lowest BCUT2D eigenvalue weighted by Gasteiger charge is -2.24. The third-order valence-corrected chi connectivity index (χ3v) is 7.85. The molecule has 1 saturated heterocycles. The maximum Gasteiger partial charge on any atom is 0.406 e. The number of aryl methyl sites for hydroxylation is 1. The van der Waals surface area contributed by atoms with E-state index in [1.807, 2.05) is 25.1 Å². The van der Waals surface area contributed by atoms with Crippen molar-refractivity contribution in [1.82, 2.24) is 4.57 Å². The van der Waals surface area contributed by atoms with Gasteiger partial charge >= 0.3 is 6.18 Å². The van der Waals surface area contributed by atoms with Crippen LogP contribution in [0.2, 0.25) is 0 Å². The Bertz CT molecular complexity index is 1410. The number of benzene rings is 2. The largest absolute Gasteiger partial charge is 0.495 e. The number of alkyl halides is 3. The fourth-order valence-corrected chi connectivity index (χ4v) is 5.84. The monoisotopic (exact) mass is 519 g/mol. The number of nitrogens with one attached hydrogen (secondary N) is 2. The van der Waals surface area contributed by atoms with Crippen LogP contribution in [-0.4, -0.2) is 50.4 Å². The number of halogens is 3. The second kappa shape index (κ2) is 10.3. The Morgan fingerprint density at radius 2 is 1.86 bits per heavy atom. The molecule has 2 aromatic carbocycles. The number of methoxy groups -OCH3 is 1. The molecule has 0 unspecified atom stereocenters. The summed E-state index contributed by atoms with van der Waals surface area (Å²) >= 11 is 0. The first-order valence-corrected chi connectivity index (χ1v) is 13.4. The van der Waals surface area contributed by atoms with Gasteiger partial charge in [0.1, 0.15) is 22.1 Å². The molecule has 2 N–H and O–H groups in total. The highest BCUT2D eigenvalue weighted by Gasteiger charge is 2.30. The van der Waals surface area contributed by atoms with Crippen LogP contribution < -0.4 is 15.4 Å². The van der Waals surface area contributed by atoms with E-state index in [1.54, 1.807) is 31.4 Å². The molecule has 0 bridgehead atoms. The zero-order valence-corrected chi connectivity index (χ0v) is 20.9. The van der Waals surface area contributed by atoms with Crippen molar-refractivity contribution >= 4 is 32.1 Å². The van der Waals surface area contributed by atoms with E-state index >= 15 is 0 Å². The molecule has 4 rings (SSSR count). The first kappa shape index (κ1) is 25.8. The molecule has 3 aromatic rings. The zero-order valence-electron chi connectivity index (χ0n) is 20.1. The van der Waals surface area contributed by atoms with Crippen LogP contribution in [0.1, 0.15) is 24.1 Å². The highest BCUT2D eigenvalue weighted by molar-refractivity contribution is 7.91. The average Bonchev–Trinajstić information content (AvgIpc) is 3.15. The Morgan fingerprint density at radius 1 is 1.11 bits per heavy atom. The maximum atomic E-state index is 13.4. The van der Waals surface area contributed by atoms with Gasteiger partial charge in [-0.2, -0.15) is 13.2 Å². The summed E-state index contributed by atoms with van der Waals surface area (Å²) in [6, 6.07) is 12.4. The summed E-state index contributed by atoms with van der Waals surface area (Å²) in [5.41, 5.74) is 3.12. The molecule has 1 fully saturated rings. The summed E-state index contributed by atoms with van der Waals surface area (Å²) in [6.45, 7) is 1.00. The van der Waals surface area contributed by atoms with E-state index in [1.165, 1.54) is 4.57 Å². The minimum atomic E-state index is -4.42. The van der Waals surface area contributed by atoms with Gasteiger partial charge in [0.2, 0.25) is 0 Å². The number of anilines is 2. The smallest absolute Gasteiger partial charge is 0.406 e. The van der Waals surface area contributed by atoms with Crippen LogP contribution in [0.25, 0.3) is 10.9 Å². The number of hydrogen-bond acceptors (Lipinski definition) is 5. The molecule has 1 aliphatic rings. The van der Waals surface area contributed by atoms with Crippen LogP contribution in [0.5, 0.6) is 5.75 Å². The van der Waals surface area contributed by atoms with Gasteiger partial charge in [-0.15, -0.1) is 0 Å². The van der Waals surface area contributed by atoms with Crippen molar-refractivity contribution in [2.45, 2.75) is 38.5 Å². The van der Waals surface area contributed by atoms with Gasteiger partial charge in [-0.25, -0.2) is 8.42 Å². The summed E-state index contributed by atoms with van der Waals surface area (Å²) < 4.78 is 70.3. The van der Waals surface area contributed by atoms with E-state index in [0.717, 1.165) is 11.3 Å². The van der Waals surface area contributed by atoms with Gasteiger partial charge in [0.25, 0.3) is 0 Å². The van der Waals surface area contributed by atoms with E-state index in [0.29, 0.717) is 35.2 Å². The first-order chi connectivity index (χ1) is 17.0. The predicted molar refractivity (Wildman–Crippen MR) is 136 cm³/mol. The number of rotatable bonds is 6. The average molecular weight is 520 g/mol. The molecule has 2 heterocycles. The second-order valence-electron chi connectivity index (χ2n) is 8.90. The predicted octanol–water partition coefficient (Wildman–Crippen LogP) is 4.97. The van der Waals surface area contributed by atoms with E-state index < -0.39 is 22.6 Å². The number of sulfone groups is 1. The molecular weight excluding hydrogens is 491 g/mol. The van der Waals surface area contributed by atoms with Gasteiger partial charge in [0.05, 0.1) is 42.1 Å². The van der Waals surface area contributed by atoms with E-state index in [2.05, 4.69) is 22.5 Å². The normalized spacial score (nSPS) is 15.8. The summed E-state index contributed by atoms with van der Waals surface area (Å²) in [4.78, 5) is 0. The highest BCUT2D eigenvalue weighted by atomic mass is 32.2. The first-order valence-electron chi connectivity index (χ1n) is 11.6. The van der Waals surface area contributed by atoms with Crippen molar-refractivity contribution in [2.24, 2.45) is 0 Å². The molecule has 0 radical (unpaired) electrons. The molecule has 1 aromatic heterocycles. The Balaban J connectivity index is 1.61. The minimum Gasteiger partial charge on any atom is -0.495 e. The molecule has 192 valence electrons. The number of aromatic nitrogens is 1. The lowest BCUT2D eigenvalue weighted by Crippen LogP contribution is -2.32. The van der Waals surface area contributed by atoms with Crippen molar-refractivity contribution in [2.75, 3.05) is 35.8 Å². The fraction of sp³-hybridized carbons (Fsp3) is 0.385. The number of ether oxygens (including phenoxy) is 1. The minimum absolute atomic E-state index is 0.0619. The summed E-state index contributed by atoms with van der Waals surface area (Å²) in [6.07, 6.45) is -3.50. The molecule has 0 amide bonds. The Morgan fingerprint density at radius 3 is 2.56 bits per heavy atom. The summed E-state index contributed by atoms with van der Waals surface area (Å²) in [7, 11) is -1.45. The van der Waals surface area contributed by atoms with Crippen LogP contribution >= 0.6 is 0 Å². The lowest BCUT2D eigenvalue weighted by molar-refractivity contribution is -0.140. The second-order valence-corrected chi connectivity index (χ2v) is 11.2. The Kier molecular flexibility index (Phi) is 7.41. The van der Waals surface area contributed by atoms with Gasteiger partial charge in [0, 0.05) is 17.1 Å². The SMILES string of the molecule is COc1ccc(C)cc1NCC#Cc1cc2c(NC3CCS(=O)(=O)CC3)cccc2n1CC(F)(F)F. The van der Waals surface area contributed by atoms with Crippen molar-refractivity contribution in [3.05, 3.63) is 53.7 Å². The highest BCUT2D eigenvalue weighted by Crippen LogP contribution is 2.31. The molecule has 0 spiro atoms. The quantitative estimate of drug-likeness (QED) is 0.450. The summed E-state index contributed by atoms with van der Waals surface area (Å²) in [5, 5.41) is 7.11. The fourth-order valence-electron chi connectivity index (χ4n) is 4.35. The van der Waals surface area contributed by atoms with Crippen molar-refractivity contribution in [3.63, 3.8) is 0 Å². The standard InChI is InChI=1S/C26H28F3N3O3S/c1-18-8-9-25(35-2)23(15-18)30-12-4-5-20-16-21-22(31-19-10-13-36(33,34)14-11-19)6-3-7-24(21)32(20)17-26(27,28)29/h3,6-9,15-16,19,30-31H,10-14,17H2,1-2H3. The van der Waals surface area contributed by atoms with E-state index in [9.17, 15) is 21.6 Å². The number of hydrogen-bond donors (Lipinski definition) is 2. The van der Waals surface area contributed by atoms with Crippen LogP contribution in [-0.2, 0) is 16.4 Å². The van der Waals surface area contributed by atoms with Crippen molar-refractivity contribution in [3.8, 4) is 17.6 Å². The summed E-state index contributed by atoms with van der Waals surface area (Å²) in [5.74, 6) is 6.68. The Hall–Kier alpha value is -3.32. The number of nitrogens with zero attached hydrogens (tertiary/aromatic N) is 1. The van der Waals surface area contributed by atoms with E-state index in [4.69, 9.17) is 4.74 Å². The van der Waals surface area contributed by atoms with Crippen molar-refractivity contribution < 1.29 is 26.3 Å². The van der Waals surface area contributed by atoms with Gasteiger partial charge < -0.3 is 19.9 Å². The third kappa shape index (κ3) is 6.26. The molecule has 6 nitrogen and oxygen atoms in total. The van der Waals surface area contributed by atoms with Crippen LogP contribution in [0.15, 0.2) is 42.5 Å². The maximum absolute atomic E-state index is 13.4. The molecule has 10 heteroatoms. The Labute approximate surface area is 208 Å². The molecular formula is C26H28F3N3O3S. The van der Waals surface area contributed by atoms with Gasteiger partial charge in [0.15, 0.2) is 0 Å². The molecule has 0 aliphatic carbocycles. The van der Waals surface area contributed by atoms with Crippen LogP contribution in [0, 0.1) is 18.8 Å². The molecule has 0 atom stereocenters. The van der Waals surface area contributed by atoms with Crippen LogP contribution in [0.3, 0.4) is 0 Å². The zero-order chi connectivity index (χ0) is 25.9. The van der Waals surface area contributed by atoms with E-state index in [-0.39, 0.29) is 29.8 Å². The van der Waals surface area contributed by atoms with Crippen molar-refractivity contribution in [1.29, 1.82) is 0 Å². The lowest BCUT2D eigenvalue weighted by atomic mass is 10.1. The van der Waals surface area contributed by atoms with Gasteiger partial charge in [-0.1, -0.05) is 18.1 Å². The topological polar surface area (TPSA) is 72.4 Å². The molecule has 36 heavy (non-hydrogen) atoms. The van der Waals surface area contributed by atoms with Crippen LogP contribution in [0.4, 0.5) is 24.5 Å². The molecule has 1 aliphatic heterocycles. The molecule has 0 saturated carbocycles. The number of fused-ring (bicyclic) bond motifs is 1. The third-order valence-electron chi connectivity index (χ3n) is 6.14.